The molecule has 1 aromatic heterocycles. The van der Waals surface area contributed by atoms with E-state index in [4.69, 9.17) is 0 Å². The Morgan fingerprint density at radius 3 is 1.51 bits per heavy atom. The average Bonchev–Trinajstić information content (AvgIpc) is 3.04. The molecule has 14 heteroatoms. The number of nitrogens with one attached hydrogen (secondary N) is 1. The molecular weight excluding hydrogens is 521 g/mol. The summed E-state index contributed by atoms with van der Waals surface area (Å²) in [6.45, 7) is 0. The second-order valence-electron chi connectivity index (χ2n) is 8.37. The number of aromatic nitrogens is 2. The van der Waals surface area contributed by atoms with Crippen LogP contribution >= 0.6 is 0 Å². The fourth-order valence-corrected chi connectivity index (χ4v) is 4.12. The molecule has 3 aromatic rings. The molecule has 5 nitrogen and oxygen atoms in total. The number of carbonyl (C=O) groups excluding carboxylic acids is 1. The Labute approximate surface area is 201 Å². The van der Waals surface area contributed by atoms with E-state index in [1.165, 1.54) is 0 Å². The number of rotatable bonds is 4. The fourth-order valence-electron chi connectivity index (χ4n) is 4.12. The zero-order valence-electron chi connectivity index (χ0n) is 18.2. The van der Waals surface area contributed by atoms with E-state index in [2.05, 4.69) is 10.3 Å². The summed E-state index contributed by atoms with van der Waals surface area (Å²) in [7, 11) is 0. The van der Waals surface area contributed by atoms with E-state index in [9.17, 15) is 49.1 Å². The number of halogens is 9. The number of alkyl halides is 9. The molecule has 37 heavy (non-hydrogen) atoms. The lowest BCUT2D eigenvalue weighted by Crippen LogP contribution is -2.47. The Morgan fingerprint density at radius 2 is 1.14 bits per heavy atom. The molecule has 0 bridgehead atoms. The molecule has 0 saturated carbocycles. The van der Waals surface area contributed by atoms with E-state index in [1.54, 1.807) is 0 Å². The highest BCUT2D eigenvalue weighted by molar-refractivity contribution is 5.99. The molecule has 2 aromatic carbocycles. The highest BCUT2D eigenvalue weighted by Gasteiger charge is 2.49. The van der Waals surface area contributed by atoms with E-state index >= 15 is 0 Å². The fraction of sp³-hybridized carbons (Fsp3) is 0.261. The first-order valence-corrected chi connectivity index (χ1v) is 10.4. The SMILES string of the molecule is O=C1Nc2nc(C(F)(F)F)cc(=O)n2C1(Cc1ccc(C(F)(F)F)cc1)Cc1ccc(C(F)(F)F)cc1. The maximum absolute atomic E-state index is 13.2. The monoisotopic (exact) mass is 535 g/mol. The van der Waals surface area contributed by atoms with Crippen molar-refractivity contribution in [3.63, 3.8) is 0 Å². The summed E-state index contributed by atoms with van der Waals surface area (Å²) in [6, 6.07) is 7.20. The maximum atomic E-state index is 13.2. The van der Waals surface area contributed by atoms with Gasteiger partial charge in [-0.15, -0.1) is 0 Å². The second kappa shape index (κ2) is 8.63. The number of hydrogen-bond donors (Lipinski definition) is 1. The van der Waals surface area contributed by atoms with E-state index < -0.39 is 71.1 Å². The van der Waals surface area contributed by atoms with Crippen LogP contribution in [-0.2, 0) is 41.7 Å². The lowest BCUT2D eigenvalue weighted by Gasteiger charge is -2.29. The molecule has 196 valence electrons. The first-order valence-electron chi connectivity index (χ1n) is 10.4. The van der Waals surface area contributed by atoms with Crippen molar-refractivity contribution in [1.82, 2.24) is 9.55 Å². The zero-order valence-corrected chi connectivity index (χ0v) is 18.2. The van der Waals surface area contributed by atoms with E-state index in [0.717, 1.165) is 48.5 Å². The topological polar surface area (TPSA) is 64.0 Å². The van der Waals surface area contributed by atoms with Gasteiger partial charge in [-0.3, -0.25) is 19.5 Å². The minimum Gasteiger partial charge on any atom is -0.294 e. The minimum atomic E-state index is -5.02. The van der Waals surface area contributed by atoms with Crippen molar-refractivity contribution in [2.24, 2.45) is 0 Å². The van der Waals surface area contributed by atoms with Crippen LogP contribution in [0.5, 0.6) is 0 Å². The van der Waals surface area contributed by atoms with Gasteiger partial charge in [0.2, 0.25) is 5.95 Å². The predicted molar refractivity (Wildman–Crippen MR) is 110 cm³/mol. The van der Waals surface area contributed by atoms with Gasteiger partial charge in [0.25, 0.3) is 11.5 Å². The normalized spacial score (nSPS) is 15.4. The minimum absolute atomic E-state index is 0.106. The van der Waals surface area contributed by atoms with Gasteiger partial charge in [0.05, 0.1) is 11.1 Å². The third-order valence-electron chi connectivity index (χ3n) is 5.84. The van der Waals surface area contributed by atoms with Crippen molar-refractivity contribution in [3.05, 3.63) is 92.9 Å². The molecule has 0 radical (unpaired) electrons. The largest absolute Gasteiger partial charge is 0.433 e. The first kappa shape index (κ1) is 26.2. The molecule has 0 atom stereocenters. The number of nitrogens with zero attached hydrogens (tertiary/aromatic N) is 2. The molecule has 1 aliphatic rings. The van der Waals surface area contributed by atoms with Gasteiger partial charge in [-0.1, -0.05) is 24.3 Å². The summed E-state index contributed by atoms with van der Waals surface area (Å²) in [6.07, 6.45) is -15.3. The standard InChI is InChI=1S/C23H14F9N3O2/c24-21(25,26)14-5-1-12(2-6-14)10-20(11-13-3-7-15(8-4-13)22(27,28)29)18(37)34-19-33-16(23(30,31)32)9-17(36)35(19)20/h1-9H,10-11H2,(H,33,34,37). The lowest BCUT2D eigenvalue weighted by atomic mass is 9.83. The molecule has 4 rings (SSSR count). The van der Waals surface area contributed by atoms with Crippen molar-refractivity contribution >= 4 is 11.9 Å². The highest BCUT2D eigenvalue weighted by atomic mass is 19.4. The van der Waals surface area contributed by atoms with Crippen molar-refractivity contribution in [2.75, 3.05) is 5.32 Å². The highest BCUT2D eigenvalue weighted by Crippen LogP contribution is 2.38. The summed E-state index contributed by atoms with van der Waals surface area (Å²) in [5.74, 6) is -1.75. The van der Waals surface area contributed by atoms with Crippen LogP contribution in [0.1, 0.15) is 27.9 Å². The van der Waals surface area contributed by atoms with Crippen LogP contribution in [0.25, 0.3) is 0 Å². The number of benzene rings is 2. The molecule has 0 aliphatic carbocycles. The molecule has 0 fully saturated rings. The van der Waals surface area contributed by atoms with E-state index in [1.807, 2.05) is 0 Å². The van der Waals surface area contributed by atoms with Crippen LogP contribution in [0.2, 0.25) is 0 Å². The van der Waals surface area contributed by atoms with Crippen LogP contribution in [0, 0.1) is 0 Å². The summed E-state index contributed by atoms with van der Waals surface area (Å²) >= 11 is 0. The van der Waals surface area contributed by atoms with Gasteiger partial charge < -0.3 is 0 Å². The van der Waals surface area contributed by atoms with Gasteiger partial charge in [-0.25, -0.2) is 4.98 Å². The smallest absolute Gasteiger partial charge is 0.294 e. The van der Waals surface area contributed by atoms with Crippen LogP contribution in [0.15, 0.2) is 59.4 Å². The third kappa shape index (κ3) is 5.04. The molecule has 1 aliphatic heterocycles. The molecular formula is C23H14F9N3O2. The summed E-state index contributed by atoms with van der Waals surface area (Å²) in [5, 5.41) is 2.11. The summed E-state index contributed by atoms with van der Waals surface area (Å²) < 4.78 is 118. The Balaban J connectivity index is 1.84. The Kier molecular flexibility index (Phi) is 6.12. The zero-order chi connectivity index (χ0) is 27.4. The van der Waals surface area contributed by atoms with Crippen molar-refractivity contribution in [2.45, 2.75) is 36.9 Å². The number of anilines is 1. The molecule has 0 unspecified atom stereocenters. The van der Waals surface area contributed by atoms with Crippen LogP contribution in [-0.4, -0.2) is 15.5 Å². The second-order valence-corrected chi connectivity index (χ2v) is 8.37. The van der Waals surface area contributed by atoms with Gasteiger partial charge in [0, 0.05) is 18.9 Å². The van der Waals surface area contributed by atoms with Crippen LogP contribution in [0.3, 0.4) is 0 Å². The van der Waals surface area contributed by atoms with E-state index in [0.29, 0.717) is 4.57 Å². The number of hydrogen-bond acceptors (Lipinski definition) is 3. The van der Waals surface area contributed by atoms with E-state index in [-0.39, 0.29) is 17.2 Å². The molecule has 1 N–H and O–H groups in total. The van der Waals surface area contributed by atoms with Crippen LogP contribution in [0.4, 0.5) is 45.5 Å². The Bertz CT molecular complexity index is 1330. The summed E-state index contributed by atoms with van der Waals surface area (Å²) in [5.41, 5.74) is -6.69. The number of fused-ring (bicyclic) bond motifs is 1. The first-order chi connectivity index (χ1) is 17.0. The predicted octanol–water partition coefficient (Wildman–Crippen LogP) is 5.43. The number of amides is 1. The maximum Gasteiger partial charge on any atom is 0.433 e. The van der Waals surface area contributed by atoms with Crippen molar-refractivity contribution in [3.8, 4) is 0 Å². The molecule has 0 spiro atoms. The Hall–Kier alpha value is -3.84. The average molecular weight is 535 g/mol. The quantitative estimate of drug-likeness (QED) is 0.454. The Morgan fingerprint density at radius 1 is 0.703 bits per heavy atom. The lowest BCUT2D eigenvalue weighted by molar-refractivity contribution is -0.141. The van der Waals surface area contributed by atoms with Crippen molar-refractivity contribution < 1.29 is 44.3 Å². The number of carbonyl (C=O) groups is 1. The molecule has 0 saturated heterocycles. The van der Waals surface area contributed by atoms with Gasteiger partial charge in [-0.05, 0) is 35.4 Å². The van der Waals surface area contributed by atoms with Gasteiger partial charge >= 0.3 is 18.5 Å². The third-order valence-corrected chi connectivity index (χ3v) is 5.84. The summed E-state index contributed by atoms with van der Waals surface area (Å²) in [4.78, 5) is 29.3. The molecule has 2 heterocycles. The van der Waals surface area contributed by atoms with Gasteiger partial charge in [0.1, 0.15) is 5.54 Å². The van der Waals surface area contributed by atoms with Gasteiger partial charge in [-0.2, -0.15) is 39.5 Å². The van der Waals surface area contributed by atoms with Gasteiger partial charge in [0.15, 0.2) is 5.69 Å². The van der Waals surface area contributed by atoms with Crippen LogP contribution < -0.4 is 10.9 Å². The van der Waals surface area contributed by atoms with Crippen molar-refractivity contribution in [1.29, 1.82) is 0 Å². The molecule has 1 amide bonds.